The highest BCUT2D eigenvalue weighted by Crippen LogP contribution is 2.09. The van der Waals surface area contributed by atoms with Crippen molar-refractivity contribution in [3.05, 3.63) is 0 Å². The molecule has 3 heteroatoms. The monoisotopic (exact) mass is 114 g/mol. The van der Waals surface area contributed by atoms with Crippen molar-refractivity contribution in [3.8, 4) is 0 Å². The summed E-state index contributed by atoms with van der Waals surface area (Å²) in [6, 6.07) is 0. The van der Waals surface area contributed by atoms with E-state index in [0.29, 0.717) is 0 Å². The van der Waals surface area contributed by atoms with Gasteiger partial charge in [0.25, 0.3) is 0 Å². The van der Waals surface area contributed by atoms with Gasteiger partial charge in [0.1, 0.15) is 0 Å². The lowest BCUT2D eigenvalue weighted by Gasteiger charge is -2.00. The molecule has 0 fully saturated rings. The molecule has 0 aromatic heterocycles. The first-order valence-electron chi connectivity index (χ1n) is 2.78. The van der Waals surface area contributed by atoms with E-state index in [2.05, 4.69) is 27.3 Å². The minimum atomic E-state index is 0.792. The fourth-order valence-electron chi connectivity index (χ4n) is 0.544. The summed E-state index contributed by atoms with van der Waals surface area (Å²) >= 11 is 2.01. The Hall–Kier alpha value is 0.480. The van der Waals surface area contributed by atoms with Gasteiger partial charge in [0.2, 0.25) is 0 Å². The average molecular weight is 114 g/mol. The van der Waals surface area contributed by atoms with Crippen LogP contribution in [0, 0.1) is 0 Å². The third-order valence-corrected chi connectivity index (χ3v) is 1.63. The van der Waals surface area contributed by atoms with Gasteiger partial charge in [0.15, 0.2) is 12.0 Å². The molecule has 0 aromatic rings. The second kappa shape index (κ2) is 3.48. The van der Waals surface area contributed by atoms with Crippen molar-refractivity contribution < 1.29 is 0 Å². The number of hydrogen-bond acceptors (Lipinski definition) is 1. The standard InChI is InChI=1S/C4H12B2S/c1-5(2)7-6(3)4/h1-4H3. The van der Waals surface area contributed by atoms with Gasteiger partial charge in [-0.05, 0) is 0 Å². The molecule has 0 N–H and O–H groups in total. The molecule has 0 saturated carbocycles. The predicted octanol–water partition coefficient (Wildman–Crippen LogP) is 2.22. The molecule has 0 heterocycles. The van der Waals surface area contributed by atoms with E-state index in [1.54, 1.807) is 0 Å². The Kier molecular flexibility index (Phi) is 3.72. The molecule has 0 bridgehead atoms. The molecule has 0 radical (unpaired) electrons. The Morgan fingerprint density at radius 1 is 0.857 bits per heavy atom. The third-order valence-electron chi connectivity index (χ3n) is 0.544. The topological polar surface area (TPSA) is 0 Å². The Morgan fingerprint density at radius 3 is 1.14 bits per heavy atom. The lowest BCUT2D eigenvalue weighted by Crippen LogP contribution is -2.02. The lowest BCUT2D eigenvalue weighted by atomic mass is 9.81. The molecule has 0 spiro atoms. The lowest BCUT2D eigenvalue weighted by molar-refractivity contribution is 2.09. The summed E-state index contributed by atoms with van der Waals surface area (Å²) in [6.45, 7) is 8.91. The maximum Gasteiger partial charge on any atom is 0.189 e. The van der Waals surface area contributed by atoms with Gasteiger partial charge in [0, 0.05) is 0 Å². The van der Waals surface area contributed by atoms with Crippen molar-refractivity contribution in [2.24, 2.45) is 0 Å². The summed E-state index contributed by atoms with van der Waals surface area (Å²) < 4.78 is 0. The maximum atomic E-state index is 2.23. The zero-order valence-corrected chi connectivity index (χ0v) is 6.38. The second-order valence-electron chi connectivity index (χ2n) is 2.23. The highest BCUT2D eigenvalue weighted by Gasteiger charge is 2.02. The Balaban J connectivity index is 2.95. The minimum absolute atomic E-state index is 0.792. The highest BCUT2D eigenvalue weighted by atomic mass is 32.2. The van der Waals surface area contributed by atoms with E-state index in [1.165, 1.54) is 0 Å². The zero-order chi connectivity index (χ0) is 5.86. The van der Waals surface area contributed by atoms with Gasteiger partial charge in [0.05, 0.1) is 0 Å². The highest BCUT2D eigenvalue weighted by molar-refractivity contribution is 8.45. The van der Waals surface area contributed by atoms with Gasteiger partial charge in [-0.15, -0.1) is 0 Å². The molecule has 0 atom stereocenters. The molecule has 0 rings (SSSR count). The molecular formula is C4H12B2S. The van der Waals surface area contributed by atoms with Crippen molar-refractivity contribution in [1.82, 2.24) is 0 Å². The van der Waals surface area contributed by atoms with Crippen LogP contribution in [0.15, 0.2) is 0 Å². The van der Waals surface area contributed by atoms with Crippen molar-refractivity contribution in [3.63, 3.8) is 0 Å². The van der Waals surface area contributed by atoms with E-state index in [0.717, 1.165) is 12.0 Å². The van der Waals surface area contributed by atoms with E-state index in [9.17, 15) is 0 Å². The molecule has 0 aromatic carbocycles. The smallest absolute Gasteiger partial charge is 0.189 e. The maximum absolute atomic E-state index is 2.23. The molecule has 7 heavy (non-hydrogen) atoms. The number of hydrogen-bond donors (Lipinski definition) is 0. The van der Waals surface area contributed by atoms with Crippen LogP contribution in [0.25, 0.3) is 0 Å². The normalized spacial score (nSPS) is 8.57. The molecule has 0 aliphatic heterocycles. The van der Waals surface area contributed by atoms with E-state index in [-0.39, 0.29) is 0 Å². The van der Waals surface area contributed by atoms with Gasteiger partial charge in [-0.2, -0.15) is 0 Å². The Bertz CT molecular complexity index is 39.0. The first-order valence-corrected chi connectivity index (χ1v) is 3.72. The summed E-state index contributed by atoms with van der Waals surface area (Å²) in [4.78, 5) is 0. The average Bonchev–Trinajstić information content (AvgIpc) is 1.27. The molecule has 0 aliphatic rings. The molecule has 0 aliphatic carbocycles. The first-order chi connectivity index (χ1) is 3.13. The minimum Gasteiger partial charge on any atom is -0.255 e. The van der Waals surface area contributed by atoms with Crippen LogP contribution in [-0.2, 0) is 0 Å². The molecule has 0 nitrogen and oxygen atoms in total. The number of rotatable bonds is 2. The summed E-state index contributed by atoms with van der Waals surface area (Å²) in [6.07, 6.45) is 0. The predicted molar refractivity (Wildman–Crippen MR) is 42.6 cm³/mol. The van der Waals surface area contributed by atoms with Crippen LogP contribution in [0.5, 0.6) is 0 Å². The summed E-state index contributed by atoms with van der Waals surface area (Å²) in [7, 11) is 0. The van der Waals surface area contributed by atoms with Crippen LogP contribution < -0.4 is 0 Å². The van der Waals surface area contributed by atoms with Crippen LogP contribution in [0.4, 0.5) is 0 Å². The van der Waals surface area contributed by atoms with Gasteiger partial charge in [-0.25, -0.2) is 0 Å². The van der Waals surface area contributed by atoms with Gasteiger partial charge >= 0.3 is 0 Å². The van der Waals surface area contributed by atoms with Crippen molar-refractivity contribution in [2.75, 3.05) is 0 Å². The zero-order valence-electron chi connectivity index (χ0n) is 5.56. The molecule has 40 valence electrons. The molecule has 0 amide bonds. The fourth-order valence-corrected chi connectivity index (χ4v) is 1.63. The van der Waals surface area contributed by atoms with Crippen LogP contribution in [0.3, 0.4) is 0 Å². The van der Waals surface area contributed by atoms with Crippen LogP contribution in [-0.4, -0.2) is 12.0 Å². The van der Waals surface area contributed by atoms with E-state index in [4.69, 9.17) is 0 Å². The van der Waals surface area contributed by atoms with Crippen molar-refractivity contribution in [2.45, 2.75) is 27.3 Å². The first kappa shape index (κ1) is 7.48. The Labute approximate surface area is 51.4 Å². The molecular weight excluding hydrogens is 102 g/mol. The van der Waals surface area contributed by atoms with Gasteiger partial charge in [-0.3, -0.25) is 11.5 Å². The SMILES string of the molecule is CB(C)SB(C)C. The van der Waals surface area contributed by atoms with Gasteiger partial charge < -0.3 is 0 Å². The van der Waals surface area contributed by atoms with Gasteiger partial charge in [-0.1, -0.05) is 27.3 Å². The van der Waals surface area contributed by atoms with Crippen LogP contribution in [0.1, 0.15) is 0 Å². The van der Waals surface area contributed by atoms with Crippen molar-refractivity contribution >= 4 is 23.4 Å². The largest absolute Gasteiger partial charge is 0.255 e. The van der Waals surface area contributed by atoms with E-state index < -0.39 is 0 Å². The second-order valence-corrected chi connectivity index (χ2v) is 4.39. The van der Waals surface area contributed by atoms with Crippen LogP contribution in [0.2, 0.25) is 27.3 Å². The quantitative estimate of drug-likeness (QED) is 0.495. The van der Waals surface area contributed by atoms with Crippen LogP contribution >= 0.6 is 11.5 Å². The summed E-state index contributed by atoms with van der Waals surface area (Å²) in [5.74, 6) is 1.58. The third kappa shape index (κ3) is 6.48. The molecule has 0 saturated heterocycles. The van der Waals surface area contributed by atoms with E-state index in [1.807, 2.05) is 11.5 Å². The summed E-state index contributed by atoms with van der Waals surface area (Å²) in [5.41, 5.74) is 0. The Morgan fingerprint density at radius 2 is 1.14 bits per heavy atom. The van der Waals surface area contributed by atoms with E-state index >= 15 is 0 Å². The molecule has 0 unspecified atom stereocenters. The van der Waals surface area contributed by atoms with Crippen molar-refractivity contribution in [1.29, 1.82) is 0 Å². The summed E-state index contributed by atoms with van der Waals surface area (Å²) in [5, 5.41) is 0. The fraction of sp³-hybridized carbons (Fsp3) is 1.00.